The van der Waals surface area contributed by atoms with Gasteiger partial charge < -0.3 is 5.32 Å². The topological polar surface area (TPSA) is 55.2 Å². The van der Waals surface area contributed by atoms with E-state index >= 15 is 0 Å². The third-order valence-electron chi connectivity index (χ3n) is 2.73. The Balaban J connectivity index is 2.23. The van der Waals surface area contributed by atoms with Crippen molar-refractivity contribution in [1.82, 2.24) is 0 Å². The third-order valence-corrected chi connectivity index (χ3v) is 4.26. The number of rotatable bonds is 4. The summed E-state index contributed by atoms with van der Waals surface area (Å²) < 4.78 is 27.4. The lowest BCUT2D eigenvalue weighted by Crippen LogP contribution is -2.04. The Bertz CT molecular complexity index is 711. The van der Waals surface area contributed by atoms with E-state index in [4.69, 9.17) is 0 Å². The Morgan fingerprint density at radius 2 is 1.90 bits per heavy atom. The number of nitro groups is 1. The number of nitro benzene ring substituents is 1. The molecule has 2 rings (SSSR count). The summed E-state index contributed by atoms with van der Waals surface area (Å²) in [4.78, 5) is 10.3. The number of nitrogens with zero attached hydrogens (tertiary/aromatic N) is 1. The molecular weight excluding hydrogens is 414 g/mol. The minimum absolute atomic E-state index is 0.0193. The number of halogens is 4. The Morgan fingerprint density at radius 1 is 1.19 bits per heavy atom. The summed E-state index contributed by atoms with van der Waals surface area (Å²) in [5.74, 6) is -1.22. The maximum atomic E-state index is 13.7. The van der Waals surface area contributed by atoms with Crippen LogP contribution in [0.25, 0.3) is 0 Å². The fourth-order valence-corrected chi connectivity index (χ4v) is 2.56. The highest BCUT2D eigenvalue weighted by atomic mass is 79.9. The van der Waals surface area contributed by atoms with Crippen LogP contribution in [-0.2, 0) is 6.54 Å². The molecule has 2 aromatic rings. The molecule has 0 bridgehead atoms. The van der Waals surface area contributed by atoms with Gasteiger partial charge >= 0.3 is 0 Å². The predicted octanol–water partition coefficient (Wildman–Crippen LogP) is 5.01. The minimum atomic E-state index is -0.621. The highest BCUT2D eigenvalue weighted by Crippen LogP contribution is 2.29. The molecule has 0 fully saturated rings. The third kappa shape index (κ3) is 3.56. The maximum Gasteiger partial charge on any atom is 0.283 e. The summed E-state index contributed by atoms with van der Waals surface area (Å²) in [5.41, 5.74) is 0.456. The lowest BCUT2D eigenvalue weighted by atomic mass is 10.2. The molecule has 0 unspecified atom stereocenters. The van der Waals surface area contributed by atoms with Crippen molar-refractivity contribution in [3.05, 3.63) is 66.6 Å². The molecule has 4 nitrogen and oxygen atoms in total. The second kappa shape index (κ2) is 6.48. The molecular formula is C13H8Br2F2N2O2. The molecule has 0 spiro atoms. The Hall–Kier alpha value is -1.54. The lowest BCUT2D eigenvalue weighted by molar-refractivity contribution is -0.385. The van der Waals surface area contributed by atoms with Crippen LogP contribution in [0.3, 0.4) is 0 Å². The standard InChI is InChI=1S/C13H8Br2F2N2O2/c14-8-4-10(17)11(5-9(8)16)18-6-7-2-1-3-12(13(7)15)19(20)21/h1-5,18H,6H2. The average molecular weight is 422 g/mol. The summed E-state index contributed by atoms with van der Waals surface area (Å²) in [6, 6.07) is 6.56. The molecule has 21 heavy (non-hydrogen) atoms. The maximum absolute atomic E-state index is 13.7. The molecule has 8 heteroatoms. The van der Waals surface area contributed by atoms with E-state index in [9.17, 15) is 18.9 Å². The van der Waals surface area contributed by atoms with Crippen LogP contribution in [-0.4, -0.2) is 4.92 Å². The van der Waals surface area contributed by atoms with Crippen LogP contribution in [0.1, 0.15) is 5.56 Å². The van der Waals surface area contributed by atoms with Gasteiger partial charge in [0, 0.05) is 18.7 Å². The van der Waals surface area contributed by atoms with Crippen molar-refractivity contribution in [3.63, 3.8) is 0 Å². The normalized spacial score (nSPS) is 10.5. The van der Waals surface area contributed by atoms with Gasteiger partial charge in [0.1, 0.15) is 16.1 Å². The van der Waals surface area contributed by atoms with E-state index in [1.165, 1.54) is 12.1 Å². The number of anilines is 1. The molecule has 0 aliphatic rings. The summed E-state index contributed by atoms with van der Waals surface area (Å²) >= 11 is 6.03. The van der Waals surface area contributed by atoms with Gasteiger partial charge in [-0.1, -0.05) is 12.1 Å². The largest absolute Gasteiger partial charge is 0.378 e. The van der Waals surface area contributed by atoms with Gasteiger partial charge in [0.15, 0.2) is 0 Å². The fraction of sp³-hybridized carbons (Fsp3) is 0.0769. The van der Waals surface area contributed by atoms with E-state index < -0.39 is 16.6 Å². The summed E-state index contributed by atoms with van der Waals surface area (Å²) in [6.45, 7) is 0.111. The van der Waals surface area contributed by atoms with E-state index in [1.54, 1.807) is 6.07 Å². The van der Waals surface area contributed by atoms with Crippen LogP contribution in [0, 0.1) is 21.7 Å². The molecule has 0 saturated heterocycles. The number of nitrogens with one attached hydrogen (secondary N) is 1. The van der Waals surface area contributed by atoms with E-state index in [1.807, 2.05) is 0 Å². The van der Waals surface area contributed by atoms with Gasteiger partial charge in [0.2, 0.25) is 0 Å². The summed E-state index contributed by atoms with van der Waals surface area (Å²) in [7, 11) is 0. The van der Waals surface area contributed by atoms with E-state index in [0.717, 1.165) is 12.1 Å². The quantitative estimate of drug-likeness (QED) is 0.429. The van der Waals surface area contributed by atoms with Crippen LogP contribution in [0.15, 0.2) is 39.3 Å². The molecule has 2 aromatic carbocycles. The second-order valence-electron chi connectivity index (χ2n) is 4.11. The van der Waals surface area contributed by atoms with Crippen LogP contribution in [0.5, 0.6) is 0 Å². The zero-order valence-corrected chi connectivity index (χ0v) is 13.5. The molecule has 0 saturated carbocycles. The van der Waals surface area contributed by atoms with Crippen molar-refractivity contribution in [1.29, 1.82) is 0 Å². The Morgan fingerprint density at radius 3 is 2.57 bits per heavy atom. The van der Waals surface area contributed by atoms with Crippen LogP contribution in [0.4, 0.5) is 20.2 Å². The molecule has 0 amide bonds. The first kappa shape index (κ1) is 15.8. The highest BCUT2D eigenvalue weighted by molar-refractivity contribution is 9.11. The van der Waals surface area contributed by atoms with Gasteiger partial charge in [-0.3, -0.25) is 10.1 Å². The molecule has 0 aromatic heterocycles. The average Bonchev–Trinajstić information content (AvgIpc) is 2.42. The molecule has 1 N–H and O–H groups in total. The van der Waals surface area contributed by atoms with Gasteiger partial charge in [0.05, 0.1) is 15.1 Å². The summed E-state index contributed by atoms with van der Waals surface area (Å²) in [5, 5.41) is 13.5. The zero-order chi connectivity index (χ0) is 15.6. The molecule has 0 aliphatic heterocycles. The van der Waals surface area contributed by atoms with E-state index in [0.29, 0.717) is 10.0 Å². The highest BCUT2D eigenvalue weighted by Gasteiger charge is 2.15. The van der Waals surface area contributed by atoms with Gasteiger partial charge in [-0.25, -0.2) is 8.78 Å². The number of hydrogen-bond acceptors (Lipinski definition) is 3. The molecule has 0 radical (unpaired) electrons. The monoisotopic (exact) mass is 420 g/mol. The first-order chi connectivity index (χ1) is 9.90. The predicted molar refractivity (Wildman–Crippen MR) is 82.2 cm³/mol. The minimum Gasteiger partial charge on any atom is -0.378 e. The van der Waals surface area contributed by atoms with Gasteiger partial charge in [0.25, 0.3) is 5.69 Å². The first-order valence-electron chi connectivity index (χ1n) is 5.70. The lowest BCUT2D eigenvalue weighted by Gasteiger charge is -2.10. The smallest absolute Gasteiger partial charge is 0.283 e. The van der Waals surface area contributed by atoms with Crippen molar-refractivity contribution in [2.75, 3.05) is 5.32 Å². The van der Waals surface area contributed by atoms with Crippen molar-refractivity contribution in [2.45, 2.75) is 6.54 Å². The van der Waals surface area contributed by atoms with Crippen LogP contribution < -0.4 is 5.32 Å². The summed E-state index contributed by atoms with van der Waals surface area (Å²) in [6.07, 6.45) is 0. The van der Waals surface area contributed by atoms with Gasteiger partial charge in [-0.15, -0.1) is 0 Å². The molecule has 0 atom stereocenters. The van der Waals surface area contributed by atoms with Gasteiger partial charge in [-0.05, 0) is 43.5 Å². The van der Waals surface area contributed by atoms with Crippen molar-refractivity contribution >= 4 is 43.2 Å². The van der Waals surface area contributed by atoms with Crippen LogP contribution in [0.2, 0.25) is 0 Å². The SMILES string of the molecule is O=[N+]([O-])c1cccc(CNc2cc(F)c(Br)cc2F)c1Br. The fourth-order valence-electron chi connectivity index (χ4n) is 1.69. The molecule has 110 valence electrons. The first-order valence-corrected chi connectivity index (χ1v) is 7.29. The van der Waals surface area contributed by atoms with Crippen molar-refractivity contribution < 1.29 is 13.7 Å². The van der Waals surface area contributed by atoms with E-state index in [-0.39, 0.29) is 22.4 Å². The van der Waals surface area contributed by atoms with Crippen LogP contribution >= 0.6 is 31.9 Å². The molecule has 0 heterocycles. The second-order valence-corrected chi connectivity index (χ2v) is 5.75. The van der Waals surface area contributed by atoms with Crippen molar-refractivity contribution in [2.24, 2.45) is 0 Å². The Kier molecular flexibility index (Phi) is 4.89. The van der Waals surface area contributed by atoms with Crippen molar-refractivity contribution in [3.8, 4) is 0 Å². The Labute approximate surface area is 135 Å². The number of hydrogen-bond donors (Lipinski definition) is 1. The van der Waals surface area contributed by atoms with E-state index in [2.05, 4.69) is 37.2 Å². The number of benzene rings is 2. The van der Waals surface area contributed by atoms with Gasteiger partial charge in [-0.2, -0.15) is 0 Å². The zero-order valence-electron chi connectivity index (χ0n) is 10.4. The molecule has 0 aliphatic carbocycles.